The molecule has 5 rings (SSSR count). The minimum Gasteiger partial charge on any atom is -0.342 e. The summed E-state index contributed by atoms with van der Waals surface area (Å²) in [5.74, 6) is 0.533. The summed E-state index contributed by atoms with van der Waals surface area (Å²) in [7, 11) is 0. The second-order valence-electron chi connectivity index (χ2n) is 7.93. The van der Waals surface area contributed by atoms with E-state index >= 15 is 0 Å². The van der Waals surface area contributed by atoms with Crippen LogP contribution in [0.1, 0.15) is 22.5 Å². The van der Waals surface area contributed by atoms with Crippen LogP contribution >= 0.6 is 0 Å². The predicted octanol–water partition coefficient (Wildman–Crippen LogP) is 5.85. The smallest absolute Gasteiger partial charge is 0.269 e. The van der Waals surface area contributed by atoms with E-state index in [-0.39, 0.29) is 5.69 Å². The van der Waals surface area contributed by atoms with Crippen molar-refractivity contribution in [3.63, 3.8) is 0 Å². The molecule has 5 aromatic rings. The van der Waals surface area contributed by atoms with Crippen LogP contribution in [-0.2, 0) is 6.54 Å². The number of nitro groups is 1. The molecule has 0 spiro atoms. The summed E-state index contributed by atoms with van der Waals surface area (Å²) in [6.07, 6.45) is 3.84. The number of nitrogens with zero attached hydrogens (tertiary/aromatic N) is 4. The maximum Gasteiger partial charge on any atom is 0.269 e. The molecule has 0 unspecified atom stereocenters. The Bertz CT molecular complexity index is 1580. The molecule has 0 fully saturated rings. The fourth-order valence-electron chi connectivity index (χ4n) is 4.00. The van der Waals surface area contributed by atoms with Crippen LogP contribution in [0.5, 0.6) is 0 Å². The third-order valence-corrected chi connectivity index (χ3v) is 5.63. The molecule has 0 aliphatic rings. The number of aryl methyl sites for hydroxylation is 1. The van der Waals surface area contributed by atoms with E-state index in [0.29, 0.717) is 17.9 Å². The summed E-state index contributed by atoms with van der Waals surface area (Å²) in [5, 5.41) is 21.8. The van der Waals surface area contributed by atoms with Gasteiger partial charge in [0, 0.05) is 41.3 Å². The highest BCUT2D eigenvalue weighted by molar-refractivity contribution is 5.98. The average molecular weight is 433 g/mol. The van der Waals surface area contributed by atoms with Crippen molar-refractivity contribution < 1.29 is 4.92 Å². The van der Waals surface area contributed by atoms with Gasteiger partial charge in [-0.25, -0.2) is 4.98 Å². The molecule has 3 aromatic carbocycles. The molecule has 2 aromatic heterocycles. The largest absolute Gasteiger partial charge is 0.342 e. The molecule has 0 saturated heterocycles. The van der Waals surface area contributed by atoms with Crippen LogP contribution in [0.3, 0.4) is 0 Å². The van der Waals surface area contributed by atoms with Gasteiger partial charge in [-0.2, -0.15) is 5.26 Å². The molecule has 0 radical (unpaired) electrons. The van der Waals surface area contributed by atoms with Gasteiger partial charge in [-0.15, -0.1) is 0 Å². The number of para-hydroxylation sites is 1. The van der Waals surface area contributed by atoms with Crippen molar-refractivity contribution in [3.8, 4) is 6.07 Å². The number of benzene rings is 3. The number of hydrogen-bond acceptors (Lipinski definition) is 4. The van der Waals surface area contributed by atoms with Crippen molar-refractivity contribution in [1.82, 2.24) is 14.5 Å². The number of fused-ring (bicyclic) bond motifs is 2. The first-order valence-corrected chi connectivity index (χ1v) is 10.4. The Labute approximate surface area is 189 Å². The van der Waals surface area contributed by atoms with Crippen LogP contribution in [0.25, 0.3) is 33.6 Å². The highest BCUT2D eigenvalue weighted by atomic mass is 16.6. The molecule has 7 heteroatoms. The lowest BCUT2D eigenvalue weighted by molar-refractivity contribution is -0.384. The van der Waals surface area contributed by atoms with Crippen LogP contribution in [0, 0.1) is 28.4 Å². The number of non-ortho nitro benzene ring substituents is 1. The lowest BCUT2D eigenvalue weighted by Gasteiger charge is -2.05. The van der Waals surface area contributed by atoms with Gasteiger partial charge in [0.1, 0.15) is 11.9 Å². The third kappa shape index (κ3) is 3.86. The van der Waals surface area contributed by atoms with Gasteiger partial charge in [-0.1, -0.05) is 36.4 Å². The first-order chi connectivity index (χ1) is 16.0. The van der Waals surface area contributed by atoms with Gasteiger partial charge in [-0.05, 0) is 42.3 Å². The van der Waals surface area contributed by atoms with Gasteiger partial charge in [0.2, 0.25) is 0 Å². The molecule has 0 bridgehead atoms. The number of nitriles is 1. The molecular formula is C26H19N5O2. The second-order valence-corrected chi connectivity index (χ2v) is 7.93. The van der Waals surface area contributed by atoms with E-state index in [4.69, 9.17) is 0 Å². The van der Waals surface area contributed by atoms with Crippen molar-refractivity contribution >= 4 is 39.3 Å². The molecule has 33 heavy (non-hydrogen) atoms. The summed E-state index contributed by atoms with van der Waals surface area (Å²) >= 11 is 0. The number of rotatable bonds is 5. The minimum atomic E-state index is -0.402. The van der Waals surface area contributed by atoms with Gasteiger partial charge in [0.15, 0.2) is 0 Å². The first-order valence-electron chi connectivity index (χ1n) is 10.4. The number of H-pyrrole nitrogens is 1. The second kappa shape index (κ2) is 8.09. The summed E-state index contributed by atoms with van der Waals surface area (Å²) in [6, 6.07) is 22.7. The topological polar surface area (TPSA) is 101 Å². The quantitative estimate of drug-likeness (QED) is 0.213. The van der Waals surface area contributed by atoms with Crippen LogP contribution < -0.4 is 0 Å². The Balaban J connectivity index is 1.55. The highest BCUT2D eigenvalue weighted by Gasteiger charge is 2.12. The third-order valence-electron chi connectivity index (χ3n) is 5.63. The van der Waals surface area contributed by atoms with E-state index in [2.05, 4.69) is 20.6 Å². The van der Waals surface area contributed by atoms with Crippen LogP contribution in [0.15, 0.2) is 72.9 Å². The summed E-state index contributed by atoms with van der Waals surface area (Å²) in [5.41, 5.74) is 6.21. The molecule has 0 aliphatic heterocycles. The van der Waals surface area contributed by atoms with Crippen molar-refractivity contribution in [2.75, 3.05) is 0 Å². The molecular weight excluding hydrogens is 414 g/mol. The molecule has 1 N–H and O–H groups in total. The average Bonchev–Trinajstić information content (AvgIpc) is 3.39. The lowest BCUT2D eigenvalue weighted by atomic mass is 10.1. The van der Waals surface area contributed by atoms with E-state index in [9.17, 15) is 15.4 Å². The van der Waals surface area contributed by atoms with Crippen molar-refractivity contribution in [2.24, 2.45) is 0 Å². The minimum absolute atomic E-state index is 0.0689. The van der Waals surface area contributed by atoms with E-state index < -0.39 is 4.92 Å². The summed E-state index contributed by atoms with van der Waals surface area (Å²) in [6.45, 7) is 2.57. The van der Waals surface area contributed by atoms with Crippen LogP contribution in [0.2, 0.25) is 0 Å². The Hall–Kier alpha value is -4.70. The van der Waals surface area contributed by atoms with Crippen LogP contribution in [-0.4, -0.2) is 19.5 Å². The number of nitrogens with one attached hydrogen (secondary N) is 1. The Morgan fingerprint density at radius 2 is 1.97 bits per heavy atom. The zero-order chi connectivity index (χ0) is 22.9. The molecule has 160 valence electrons. The van der Waals surface area contributed by atoms with E-state index in [1.807, 2.05) is 61.7 Å². The van der Waals surface area contributed by atoms with Gasteiger partial charge in [0.05, 0.1) is 21.5 Å². The van der Waals surface area contributed by atoms with Crippen molar-refractivity contribution in [3.05, 3.63) is 106 Å². The van der Waals surface area contributed by atoms with Gasteiger partial charge in [0.25, 0.3) is 5.69 Å². The maximum atomic E-state index is 10.9. The number of allylic oxidation sites excluding steroid dienone is 1. The fraction of sp³-hybridized carbons (Fsp3) is 0.0769. The van der Waals surface area contributed by atoms with Gasteiger partial charge in [-0.3, -0.25) is 10.1 Å². The summed E-state index contributed by atoms with van der Waals surface area (Å²) in [4.78, 5) is 18.4. The predicted molar refractivity (Wildman–Crippen MR) is 128 cm³/mol. The number of hydrogen-bond donors (Lipinski definition) is 1. The lowest BCUT2D eigenvalue weighted by Crippen LogP contribution is -1.98. The molecule has 0 amide bonds. The highest BCUT2D eigenvalue weighted by Crippen LogP contribution is 2.27. The zero-order valence-corrected chi connectivity index (χ0v) is 17.8. The Kier molecular flexibility index (Phi) is 4.96. The molecule has 0 atom stereocenters. The standard InChI is InChI=1S/C26H19N5O2/c1-17-6-11-23-24(12-17)29-26(28-23)19(14-27)13-20-16-30(25-5-3-2-4-22(20)25)15-18-7-9-21(10-8-18)31(32)33/h2-13,16H,15H2,1H3,(H,28,29)/b19-13-. The number of aromatic amines is 1. The van der Waals surface area contributed by atoms with Crippen molar-refractivity contribution in [1.29, 1.82) is 5.26 Å². The molecule has 2 heterocycles. The SMILES string of the molecule is Cc1ccc2nc(/C(C#N)=C\c3cn(Cc4ccc([N+](=O)[O-])cc4)c4ccccc34)[nH]c2c1. The van der Waals surface area contributed by atoms with Crippen molar-refractivity contribution in [2.45, 2.75) is 13.5 Å². The normalized spacial score (nSPS) is 11.7. The monoisotopic (exact) mass is 433 g/mol. The van der Waals surface area contributed by atoms with Crippen LogP contribution in [0.4, 0.5) is 5.69 Å². The Morgan fingerprint density at radius 3 is 2.73 bits per heavy atom. The van der Waals surface area contributed by atoms with E-state index in [1.165, 1.54) is 12.1 Å². The van der Waals surface area contributed by atoms with E-state index in [1.54, 1.807) is 12.1 Å². The zero-order valence-electron chi connectivity index (χ0n) is 17.8. The molecule has 7 nitrogen and oxygen atoms in total. The number of nitro benzene ring substituents is 1. The van der Waals surface area contributed by atoms with Gasteiger partial charge < -0.3 is 9.55 Å². The summed E-state index contributed by atoms with van der Waals surface area (Å²) < 4.78 is 2.08. The number of aromatic nitrogens is 3. The fourth-order valence-corrected chi connectivity index (χ4v) is 4.00. The molecule has 0 saturated carbocycles. The van der Waals surface area contributed by atoms with Gasteiger partial charge >= 0.3 is 0 Å². The maximum absolute atomic E-state index is 10.9. The Morgan fingerprint density at radius 1 is 1.18 bits per heavy atom. The molecule has 0 aliphatic carbocycles. The number of imidazole rings is 1. The first kappa shape index (κ1) is 20.2. The van der Waals surface area contributed by atoms with E-state index in [0.717, 1.165) is 38.6 Å².